The molecule has 0 aliphatic carbocycles. The van der Waals surface area contributed by atoms with Crippen LogP contribution in [0.2, 0.25) is 0 Å². The van der Waals surface area contributed by atoms with E-state index in [9.17, 15) is 9.59 Å². The maximum Gasteiger partial charge on any atom is 0.247 e. The summed E-state index contributed by atoms with van der Waals surface area (Å²) in [7, 11) is 0. The molecule has 0 aliphatic rings. The first-order valence-corrected chi connectivity index (χ1v) is 10.5. The molecule has 4 heteroatoms. The Morgan fingerprint density at radius 1 is 0.839 bits per heavy atom. The number of carbonyl (C=O) groups excluding carboxylic acids is 2. The van der Waals surface area contributed by atoms with E-state index in [0.717, 1.165) is 16.7 Å². The van der Waals surface area contributed by atoms with E-state index in [2.05, 4.69) is 11.9 Å². The topological polar surface area (TPSA) is 49.4 Å². The minimum absolute atomic E-state index is 0.0599. The number of hydrogen-bond acceptors (Lipinski definition) is 2. The maximum absolute atomic E-state index is 13.4. The lowest BCUT2D eigenvalue weighted by Crippen LogP contribution is -2.43. The molecule has 1 atom stereocenters. The van der Waals surface area contributed by atoms with Gasteiger partial charge in [0.2, 0.25) is 11.8 Å². The third kappa shape index (κ3) is 6.41. The molecule has 0 radical (unpaired) electrons. The Kier molecular flexibility index (Phi) is 8.18. The second-order valence-electron chi connectivity index (χ2n) is 7.34. The zero-order chi connectivity index (χ0) is 21.9. The van der Waals surface area contributed by atoms with Gasteiger partial charge >= 0.3 is 0 Å². The van der Waals surface area contributed by atoms with Gasteiger partial charge in [0, 0.05) is 19.5 Å². The Hall–Kier alpha value is -3.66. The van der Waals surface area contributed by atoms with Crippen molar-refractivity contribution >= 4 is 11.8 Å². The number of hydrogen-bond donors (Lipinski definition) is 1. The average molecular weight is 413 g/mol. The number of carbonyl (C=O) groups is 2. The van der Waals surface area contributed by atoms with E-state index in [4.69, 9.17) is 0 Å². The molecule has 2 amide bonds. The van der Waals surface area contributed by atoms with E-state index < -0.39 is 6.04 Å². The molecule has 0 bridgehead atoms. The van der Waals surface area contributed by atoms with Crippen LogP contribution in [0.15, 0.2) is 104 Å². The van der Waals surface area contributed by atoms with Gasteiger partial charge in [0.25, 0.3) is 0 Å². The van der Waals surface area contributed by atoms with Crippen LogP contribution in [0.3, 0.4) is 0 Å². The monoisotopic (exact) mass is 412 g/mol. The molecular weight excluding hydrogens is 384 g/mol. The van der Waals surface area contributed by atoms with E-state index in [1.165, 1.54) is 0 Å². The SMILES string of the molecule is C=CCNC(=O)C(c1ccccc1)N(Cc1ccccc1)C(=O)CCc1ccccc1. The van der Waals surface area contributed by atoms with Gasteiger partial charge in [0.15, 0.2) is 0 Å². The quantitative estimate of drug-likeness (QED) is 0.491. The van der Waals surface area contributed by atoms with E-state index >= 15 is 0 Å². The van der Waals surface area contributed by atoms with Crippen molar-refractivity contribution in [3.63, 3.8) is 0 Å². The van der Waals surface area contributed by atoms with Gasteiger partial charge in [-0.2, -0.15) is 0 Å². The van der Waals surface area contributed by atoms with Crippen molar-refractivity contribution in [3.8, 4) is 0 Å². The van der Waals surface area contributed by atoms with Crippen LogP contribution in [0.25, 0.3) is 0 Å². The fourth-order valence-electron chi connectivity index (χ4n) is 3.52. The summed E-state index contributed by atoms with van der Waals surface area (Å²) in [5.74, 6) is -0.273. The molecule has 3 aromatic rings. The molecule has 158 valence electrons. The fraction of sp³-hybridized carbons (Fsp3) is 0.185. The maximum atomic E-state index is 13.4. The first kappa shape index (κ1) is 22.0. The zero-order valence-electron chi connectivity index (χ0n) is 17.6. The van der Waals surface area contributed by atoms with Crippen molar-refractivity contribution < 1.29 is 9.59 Å². The summed E-state index contributed by atoms with van der Waals surface area (Å²) in [6.07, 6.45) is 2.59. The standard InChI is InChI=1S/C27H28N2O2/c1-2-20-28-27(31)26(24-16-10-5-11-17-24)29(21-23-14-8-4-9-15-23)25(30)19-18-22-12-6-3-7-13-22/h2-17,26H,1,18-21H2,(H,28,31). The summed E-state index contributed by atoms with van der Waals surface area (Å²) >= 11 is 0. The smallest absolute Gasteiger partial charge is 0.247 e. The summed E-state index contributed by atoms with van der Waals surface area (Å²) in [4.78, 5) is 28.3. The van der Waals surface area contributed by atoms with Gasteiger partial charge in [-0.25, -0.2) is 0 Å². The summed E-state index contributed by atoms with van der Waals surface area (Å²) < 4.78 is 0. The van der Waals surface area contributed by atoms with Crippen LogP contribution < -0.4 is 5.32 Å². The molecule has 1 unspecified atom stereocenters. The lowest BCUT2D eigenvalue weighted by Gasteiger charge is -2.31. The van der Waals surface area contributed by atoms with Crippen LogP contribution >= 0.6 is 0 Å². The molecule has 0 saturated carbocycles. The van der Waals surface area contributed by atoms with E-state index in [0.29, 0.717) is 25.9 Å². The third-order valence-electron chi connectivity index (χ3n) is 5.08. The van der Waals surface area contributed by atoms with Crippen molar-refractivity contribution in [2.45, 2.75) is 25.4 Å². The molecule has 1 N–H and O–H groups in total. The second kappa shape index (κ2) is 11.5. The number of aryl methyl sites for hydroxylation is 1. The molecule has 0 aliphatic heterocycles. The number of amides is 2. The number of nitrogens with one attached hydrogen (secondary N) is 1. The Morgan fingerprint density at radius 3 is 1.97 bits per heavy atom. The minimum atomic E-state index is -0.718. The van der Waals surface area contributed by atoms with Crippen molar-refractivity contribution in [1.82, 2.24) is 10.2 Å². The van der Waals surface area contributed by atoms with Crippen LogP contribution in [0.1, 0.15) is 29.2 Å². The molecule has 0 spiro atoms. The Morgan fingerprint density at radius 2 is 1.39 bits per heavy atom. The molecule has 0 heterocycles. The first-order valence-electron chi connectivity index (χ1n) is 10.5. The highest BCUT2D eigenvalue weighted by atomic mass is 16.2. The third-order valence-corrected chi connectivity index (χ3v) is 5.08. The van der Waals surface area contributed by atoms with Crippen LogP contribution in [0, 0.1) is 0 Å². The van der Waals surface area contributed by atoms with E-state index in [1.54, 1.807) is 11.0 Å². The fourth-order valence-corrected chi connectivity index (χ4v) is 3.52. The molecule has 4 nitrogen and oxygen atoms in total. The summed E-state index contributed by atoms with van der Waals surface area (Å²) in [6.45, 7) is 4.38. The summed E-state index contributed by atoms with van der Waals surface area (Å²) in [5, 5.41) is 2.87. The minimum Gasteiger partial charge on any atom is -0.351 e. The predicted octanol–water partition coefficient (Wildman–Crippen LogP) is 4.69. The van der Waals surface area contributed by atoms with Crippen molar-refractivity contribution in [2.75, 3.05) is 6.54 Å². The lowest BCUT2D eigenvalue weighted by atomic mass is 10.0. The van der Waals surface area contributed by atoms with Gasteiger partial charge in [-0.1, -0.05) is 97.1 Å². The largest absolute Gasteiger partial charge is 0.351 e. The molecule has 3 rings (SSSR count). The Balaban J connectivity index is 1.91. The predicted molar refractivity (Wildman–Crippen MR) is 124 cm³/mol. The number of benzene rings is 3. The first-order chi connectivity index (χ1) is 15.2. The van der Waals surface area contributed by atoms with Gasteiger partial charge in [0.1, 0.15) is 6.04 Å². The number of rotatable bonds is 10. The van der Waals surface area contributed by atoms with Crippen molar-refractivity contribution in [2.24, 2.45) is 0 Å². The van der Waals surface area contributed by atoms with Crippen LogP contribution in [-0.4, -0.2) is 23.3 Å². The van der Waals surface area contributed by atoms with Crippen molar-refractivity contribution in [1.29, 1.82) is 0 Å². The molecular formula is C27H28N2O2. The summed E-state index contributed by atoms with van der Waals surface area (Å²) in [6, 6.07) is 28.4. The van der Waals surface area contributed by atoms with E-state index in [-0.39, 0.29) is 11.8 Å². The zero-order valence-corrected chi connectivity index (χ0v) is 17.6. The average Bonchev–Trinajstić information content (AvgIpc) is 2.83. The van der Waals surface area contributed by atoms with Gasteiger partial charge in [-0.05, 0) is 23.1 Å². The van der Waals surface area contributed by atoms with Crippen molar-refractivity contribution in [3.05, 3.63) is 120 Å². The highest BCUT2D eigenvalue weighted by molar-refractivity contribution is 5.89. The van der Waals surface area contributed by atoms with Gasteiger partial charge in [-0.15, -0.1) is 6.58 Å². The Labute approximate surface area is 184 Å². The van der Waals surface area contributed by atoms with Gasteiger partial charge < -0.3 is 10.2 Å². The van der Waals surface area contributed by atoms with Gasteiger partial charge in [-0.3, -0.25) is 9.59 Å². The lowest BCUT2D eigenvalue weighted by molar-refractivity contribution is -0.141. The highest BCUT2D eigenvalue weighted by Gasteiger charge is 2.31. The van der Waals surface area contributed by atoms with E-state index in [1.807, 2.05) is 91.0 Å². The molecule has 0 aromatic heterocycles. The molecule has 0 fully saturated rings. The normalized spacial score (nSPS) is 11.4. The van der Waals surface area contributed by atoms with Crippen LogP contribution in [0.4, 0.5) is 0 Å². The molecule has 31 heavy (non-hydrogen) atoms. The highest BCUT2D eigenvalue weighted by Crippen LogP contribution is 2.25. The Bertz CT molecular complexity index is 972. The molecule has 0 saturated heterocycles. The van der Waals surface area contributed by atoms with Gasteiger partial charge in [0.05, 0.1) is 0 Å². The molecule has 3 aromatic carbocycles. The van der Waals surface area contributed by atoms with Crippen LogP contribution in [0.5, 0.6) is 0 Å². The number of nitrogens with zero attached hydrogens (tertiary/aromatic N) is 1. The summed E-state index contributed by atoms with van der Waals surface area (Å²) in [5.41, 5.74) is 2.86. The van der Waals surface area contributed by atoms with Crippen LogP contribution in [-0.2, 0) is 22.6 Å². The second-order valence-corrected chi connectivity index (χ2v) is 7.34.